The number of aliphatic hydroxyl groups is 1. The van der Waals surface area contributed by atoms with Gasteiger partial charge in [0.15, 0.2) is 0 Å². The summed E-state index contributed by atoms with van der Waals surface area (Å²) in [4.78, 5) is 2.27. The minimum Gasteiger partial charge on any atom is -0.390 e. The average molecular weight is 241 g/mol. The fraction of sp³-hybridized carbons (Fsp3) is 1.00. The second kappa shape index (κ2) is 6.17. The van der Waals surface area contributed by atoms with Crippen molar-refractivity contribution in [3.63, 3.8) is 0 Å². The molecular weight excluding hydrogens is 214 g/mol. The first kappa shape index (κ1) is 13.3. The van der Waals surface area contributed by atoms with Gasteiger partial charge in [0.25, 0.3) is 0 Å². The normalized spacial score (nSPS) is 37.9. The van der Waals surface area contributed by atoms with E-state index in [4.69, 9.17) is 4.74 Å². The van der Waals surface area contributed by atoms with E-state index in [0.29, 0.717) is 11.8 Å². The predicted octanol–water partition coefficient (Wildman–Crippen LogP) is 1.89. The Morgan fingerprint density at radius 1 is 1.35 bits per heavy atom. The summed E-state index contributed by atoms with van der Waals surface area (Å²) < 4.78 is 5.76. The molecule has 2 fully saturated rings. The summed E-state index contributed by atoms with van der Waals surface area (Å²) >= 11 is 0. The molecule has 1 heterocycles. The van der Waals surface area contributed by atoms with Crippen LogP contribution in [-0.4, -0.2) is 49.0 Å². The third kappa shape index (κ3) is 3.21. The van der Waals surface area contributed by atoms with Gasteiger partial charge in [-0.2, -0.15) is 0 Å². The van der Waals surface area contributed by atoms with Gasteiger partial charge in [0, 0.05) is 13.1 Å². The van der Waals surface area contributed by atoms with E-state index >= 15 is 0 Å². The van der Waals surface area contributed by atoms with Crippen LogP contribution in [0.1, 0.15) is 39.0 Å². The molecule has 1 aliphatic carbocycles. The quantitative estimate of drug-likeness (QED) is 0.819. The van der Waals surface area contributed by atoms with Crippen LogP contribution < -0.4 is 0 Å². The monoisotopic (exact) mass is 241 g/mol. The van der Waals surface area contributed by atoms with E-state index in [9.17, 15) is 5.11 Å². The summed E-state index contributed by atoms with van der Waals surface area (Å²) in [6, 6.07) is 0. The first-order chi connectivity index (χ1) is 8.22. The third-order valence-corrected chi connectivity index (χ3v) is 4.61. The number of ether oxygens (including phenoxy) is 1. The number of hydrogen-bond donors (Lipinski definition) is 1. The molecule has 0 aromatic carbocycles. The lowest BCUT2D eigenvalue weighted by Crippen LogP contribution is -2.50. The van der Waals surface area contributed by atoms with Gasteiger partial charge >= 0.3 is 0 Å². The zero-order valence-electron chi connectivity index (χ0n) is 11.3. The SMILES string of the molecule is CCC1CCCCC1C(O)C1CN(C)CCO1. The highest BCUT2D eigenvalue weighted by Gasteiger charge is 2.36. The molecule has 4 atom stereocenters. The second-order valence-electron chi connectivity index (χ2n) is 5.78. The molecule has 0 spiro atoms. The van der Waals surface area contributed by atoms with E-state index < -0.39 is 0 Å². The topological polar surface area (TPSA) is 32.7 Å². The molecule has 0 aromatic heterocycles. The maximum Gasteiger partial charge on any atom is 0.0963 e. The van der Waals surface area contributed by atoms with Crippen molar-refractivity contribution < 1.29 is 9.84 Å². The first-order valence-corrected chi connectivity index (χ1v) is 7.20. The van der Waals surface area contributed by atoms with Crippen molar-refractivity contribution in [3.05, 3.63) is 0 Å². The molecular formula is C14H27NO2. The summed E-state index contributed by atoms with van der Waals surface area (Å²) in [5, 5.41) is 10.6. The number of hydrogen-bond acceptors (Lipinski definition) is 3. The highest BCUT2D eigenvalue weighted by Crippen LogP contribution is 2.36. The Morgan fingerprint density at radius 3 is 2.82 bits per heavy atom. The van der Waals surface area contributed by atoms with Crippen LogP contribution in [-0.2, 0) is 4.74 Å². The molecule has 17 heavy (non-hydrogen) atoms. The smallest absolute Gasteiger partial charge is 0.0963 e. The van der Waals surface area contributed by atoms with E-state index in [2.05, 4.69) is 18.9 Å². The van der Waals surface area contributed by atoms with E-state index in [0.717, 1.165) is 19.7 Å². The molecule has 0 bridgehead atoms. The summed E-state index contributed by atoms with van der Waals surface area (Å²) in [6.45, 7) is 4.89. The largest absolute Gasteiger partial charge is 0.390 e. The molecule has 4 unspecified atom stereocenters. The fourth-order valence-electron chi connectivity index (χ4n) is 3.49. The molecule has 3 nitrogen and oxygen atoms in total. The van der Waals surface area contributed by atoms with E-state index in [-0.39, 0.29) is 12.2 Å². The molecule has 100 valence electrons. The van der Waals surface area contributed by atoms with Crippen LogP contribution >= 0.6 is 0 Å². The number of likely N-dealkylation sites (N-methyl/N-ethyl adjacent to an activating group) is 1. The van der Waals surface area contributed by atoms with Crippen molar-refractivity contribution in [2.45, 2.75) is 51.2 Å². The Labute approximate surface area is 105 Å². The lowest BCUT2D eigenvalue weighted by molar-refractivity contribution is -0.114. The summed E-state index contributed by atoms with van der Waals surface area (Å²) in [5.74, 6) is 1.17. The summed E-state index contributed by atoms with van der Waals surface area (Å²) in [6.07, 6.45) is 6.07. The van der Waals surface area contributed by atoms with Gasteiger partial charge < -0.3 is 14.7 Å². The molecule has 2 aliphatic rings. The Morgan fingerprint density at radius 2 is 2.12 bits per heavy atom. The Kier molecular flexibility index (Phi) is 4.83. The molecule has 1 saturated carbocycles. The van der Waals surface area contributed by atoms with Crippen LogP contribution in [0.5, 0.6) is 0 Å². The summed E-state index contributed by atoms with van der Waals surface area (Å²) in [5.41, 5.74) is 0. The standard InChI is InChI=1S/C14H27NO2/c1-3-11-6-4-5-7-12(11)14(16)13-10-15(2)8-9-17-13/h11-14,16H,3-10H2,1-2H3. The first-order valence-electron chi connectivity index (χ1n) is 7.20. The molecule has 2 rings (SSSR count). The van der Waals surface area contributed by atoms with Crippen LogP contribution in [0.3, 0.4) is 0 Å². The molecule has 3 heteroatoms. The molecule has 1 aliphatic heterocycles. The Bertz CT molecular complexity index is 234. The molecule has 1 N–H and O–H groups in total. The second-order valence-corrected chi connectivity index (χ2v) is 5.78. The van der Waals surface area contributed by atoms with Crippen molar-refractivity contribution in [3.8, 4) is 0 Å². The highest BCUT2D eigenvalue weighted by molar-refractivity contribution is 4.87. The van der Waals surface area contributed by atoms with E-state index in [1.165, 1.54) is 32.1 Å². The van der Waals surface area contributed by atoms with Gasteiger partial charge in [-0.15, -0.1) is 0 Å². The van der Waals surface area contributed by atoms with Gasteiger partial charge in [-0.05, 0) is 25.3 Å². The van der Waals surface area contributed by atoms with Crippen LogP contribution in [0.2, 0.25) is 0 Å². The number of nitrogens with zero attached hydrogens (tertiary/aromatic N) is 1. The molecule has 0 aromatic rings. The van der Waals surface area contributed by atoms with Crippen molar-refractivity contribution in [1.29, 1.82) is 0 Å². The fourth-order valence-corrected chi connectivity index (χ4v) is 3.49. The van der Waals surface area contributed by atoms with E-state index in [1.54, 1.807) is 0 Å². The van der Waals surface area contributed by atoms with Crippen molar-refractivity contribution in [2.24, 2.45) is 11.8 Å². The molecule has 0 amide bonds. The lowest BCUT2D eigenvalue weighted by Gasteiger charge is -2.40. The Hall–Kier alpha value is -0.120. The van der Waals surface area contributed by atoms with Gasteiger partial charge in [0.05, 0.1) is 18.8 Å². The zero-order valence-corrected chi connectivity index (χ0v) is 11.3. The van der Waals surface area contributed by atoms with Gasteiger partial charge in [0.1, 0.15) is 0 Å². The highest BCUT2D eigenvalue weighted by atomic mass is 16.5. The van der Waals surface area contributed by atoms with Crippen molar-refractivity contribution in [1.82, 2.24) is 4.90 Å². The summed E-state index contributed by atoms with van der Waals surface area (Å²) in [7, 11) is 2.11. The minimum atomic E-state index is -0.261. The zero-order chi connectivity index (χ0) is 12.3. The van der Waals surface area contributed by atoms with Crippen LogP contribution in [0.4, 0.5) is 0 Å². The van der Waals surface area contributed by atoms with E-state index in [1.807, 2.05) is 0 Å². The van der Waals surface area contributed by atoms with Gasteiger partial charge in [-0.1, -0.05) is 32.6 Å². The maximum atomic E-state index is 10.6. The van der Waals surface area contributed by atoms with Crippen LogP contribution in [0, 0.1) is 11.8 Å². The van der Waals surface area contributed by atoms with Gasteiger partial charge in [-0.25, -0.2) is 0 Å². The van der Waals surface area contributed by atoms with Crippen molar-refractivity contribution >= 4 is 0 Å². The number of rotatable bonds is 3. The predicted molar refractivity (Wildman–Crippen MR) is 69.0 cm³/mol. The van der Waals surface area contributed by atoms with Crippen molar-refractivity contribution in [2.75, 3.05) is 26.7 Å². The van der Waals surface area contributed by atoms with Gasteiger partial charge in [-0.3, -0.25) is 0 Å². The lowest BCUT2D eigenvalue weighted by atomic mass is 9.73. The minimum absolute atomic E-state index is 0.0332. The molecule has 0 radical (unpaired) electrons. The van der Waals surface area contributed by atoms with Crippen LogP contribution in [0.15, 0.2) is 0 Å². The molecule has 1 saturated heterocycles. The maximum absolute atomic E-state index is 10.6. The number of aliphatic hydroxyl groups excluding tert-OH is 1. The van der Waals surface area contributed by atoms with Crippen LogP contribution in [0.25, 0.3) is 0 Å². The average Bonchev–Trinajstić information content (AvgIpc) is 2.38. The Balaban J connectivity index is 1.94. The third-order valence-electron chi connectivity index (χ3n) is 4.61. The van der Waals surface area contributed by atoms with Gasteiger partial charge in [0.2, 0.25) is 0 Å². The number of morpholine rings is 1.